The first kappa shape index (κ1) is 16.0. The van der Waals surface area contributed by atoms with E-state index in [0.717, 1.165) is 18.8 Å². The molecule has 1 aliphatic heterocycles. The van der Waals surface area contributed by atoms with Crippen molar-refractivity contribution in [2.24, 2.45) is 0 Å². The molecule has 0 unspecified atom stereocenters. The summed E-state index contributed by atoms with van der Waals surface area (Å²) in [6, 6.07) is 12.1. The average Bonchev–Trinajstić information content (AvgIpc) is 2.58. The van der Waals surface area contributed by atoms with Gasteiger partial charge in [0, 0.05) is 28.9 Å². The van der Waals surface area contributed by atoms with E-state index >= 15 is 0 Å². The maximum atomic E-state index is 13.8. The van der Waals surface area contributed by atoms with Gasteiger partial charge in [-0.3, -0.25) is 4.79 Å². The number of halogens is 2. The molecule has 1 amide bonds. The van der Waals surface area contributed by atoms with Crippen molar-refractivity contribution in [1.29, 1.82) is 0 Å². The van der Waals surface area contributed by atoms with Gasteiger partial charge in [-0.25, -0.2) is 4.39 Å². The van der Waals surface area contributed by atoms with Crippen molar-refractivity contribution in [2.45, 2.75) is 19.3 Å². The van der Waals surface area contributed by atoms with Crippen molar-refractivity contribution in [3.05, 3.63) is 58.3 Å². The number of benzene rings is 2. The van der Waals surface area contributed by atoms with Gasteiger partial charge in [0.2, 0.25) is 0 Å². The number of hydrogen-bond donors (Lipinski definition) is 1. The van der Waals surface area contributed by atoms with Crippen LogP contribution in [0.25, 0.3) is 0 Å². The molecule has 1 fully saturated rings. The van der Waals surface area contributed by atoms with Gasteiger partial charge in [0.25, 0.3) is 5.91 Å². The maximum absolute atomic E-state index is 13.8. The van der Waals surface area contributed by atoms with Crippen LogP contribution < -0.4 is 10.2 Å². The Kier molecular flexibility index (Phi) is 4.96. The molecule has 0 bridgehead atoms. The Morgan fingerprint density at radius 2 is 1.87 bits per heavy atom. The van der Waals surface area contributed by atoms with Crippen molar-refractivity contribution < 1.29 is 9.18 Å². The minimum absolute atomic E-state index is 0.0303. The predicted molar refractivity (Wildman–Crippen MR) is 94.6 cm³/mol. The standard InChI is InChI=1S/C18H18BrFN2O/c19-13-7-8-17(20)16(11-13)18(23)21-14-5-4-6-15(12-14)22-9-2-1-3-10-22/h4-8,11-12H,1-3,9-10H2,(H,21,23). The number of carbonyl (C=O) groups is 1. The smallest absolute Gasteiger partial charge is 0.258 e. The molecule has 0 atom stereocenters. The van der Waals surface area contributed by atoms with E-state index in [9.17, 15) is 9.18 Å². The summed E-state index contributed by atoms with van der Waals surface area (Å²) < 4.78 is 14.5. The molecule has 5 heteroatoms. The molecule has 1 heterocycles. The van der Waals surface area contributed by atoms with E-state index in [2.05, 4.69) is 26.1 Å². The average molecular weight is 377 g/mol. The van der Waals surface area contributed by atoms with Crippen LogP contribution in [0.5, 0.6) is 0 Å². The molecule has 3 rings (SSSR count). The molecule has 0 saturated carbocycles. The summed E-state index contributed by atoms with van der Waals surface area (Å²) in [4.78, 5) is 14.6. The summed E-state index contributed by atoms with van der Waals surface area (Å²) in [5.41, 5.74) is 1.80. The predicted octanol–water partition coefficient (Wildman–Crippen LogP) is 4.83. The molecule has 1 N–H and O–H groups in total. The molecule has 0 aliphatic carbocycles. The van der Waals surface area contributed by atoms with Gasteiger partial charge in [-0.2, -0.15) is 0 Å². The minimum Gasteiger partial charge on any atom is -0.371 e. The van der Waals surface area contributed by atoms with E-state index in [4.69, 9.17) is 0 Å². The van der Waals surface area contributed by atoms with Gasteiger partial charge in [-0.15, -0.1) is 0 Å². The second-order valence-electron chi connectivity index (χ2n) is 5.68. The fourth-order valence-electron chi connectivity index (χ4n) is 2.80. The van der Waals surface area contributed by atoms with Crippen LogP contribution in [0.3, 0.4) is 0 Å². The molecule has 2 aromatic carbocycles. The lowest BCUT2D eigenvalue weighted by atomic mass is 10.1. The Bertz CT molecular complexity index is 714. The monoisotopic (exact) mass is 376 g/mol. The SMILES string of the molecule is O=C(Nc1cccc(N2CCCCC2)c1)c1cc(Br)ccc1F. The Balaban J connectivity index is 1.77. The largest absolute Gasteiger partial charge is 0.371 e. The Morgan fingerprint density at radius 1 is 1.09 bits per heavy atom. The molecule has 2 aromatic rings. The highest BCUT2D eigenvalue weighted by atomic mass is 79.9. The first-order valence-corrected chi connectivity index (χ1v) is 8.54. The van der Waals surface area contributed by atoms with E-state index in [1.807, 2.05) is 24.3 Å². The normalized spacial score (nSPS) is 14.6. The number of carbonyl (C=O) groups excluding carboxylic acids is 1. The van der Waals surface area contributed by atoms with Gasteiger partial charge in [-0.1, -0.05) is 22.0 Å². The fourth-order valence-corrected chi connectivity index (χ4v) is 3.16. The number of rotatable bonds is 3. The van der Waals surface area contributed by atoms with E-state index < -0.39 is 11.7 Å². The zero-order valence-corrected chi connectivity index (χ0v) is 14.3. The minimum atomic E-state index is -0.530. The van der Waals surface area contributed by atoms with Crippen LogP contribution in [0, 0.1) is 5.82 Å². The molecule has 3 nitrogen and oxygen atoms in total. The van der Waals surface area contributed by atoms with E-state index in [-0.39, 0.29) is 5.56 Å². The van der Waals surface area contributed by atoms with Crippen LogP contribution in [-0.2, 0) is 0 Å². The third-order valence-electron chi connectivity index (χ3n) is 4.00. The van der Waals surface area contributed by atoms with Gasteiger partial charge in [0.05, 0.1) is 5.56 Å². The van der Waals surface area contributed by atoms with Crippen molar-refractivity contribution in [2.75, 3.05) is 23.3 Å². The number of nitrogens with zero attached hydrogens (tertiary/aromatic N) is 1. The summed E-state index contributed by atoms with van der Waals surface area (Å²) in [5, 5.41) is 2.78. The van der Waals surface area contributed by atoms with Crippen molar-refractivity contribution >= 4 is 33.2 Å². The van der Waals surface area contributed by atoms with E-state index in [0.29, 0.717) is 10.2 Å². The number of amides is 1. The van der Waals surface area contributed by atoms with Crippen LogP contribution in [0.4, 0.5) is 15.8 Å². The van der Waals surface area contributed by atoms with Crippen molar-refractivity contribution in [3.63, 3.8) is 0 Å². The van der Waals surface area contributed by atoms with Crippen LogP contribution in [0.1, 0.15) is 29.6 Å². The molecule has 0 spiro atoms. The lowest BCUT2D eigenvalue weighted by Crippen LogP contribution is -2.29. The summed E-state index contributed by atoms with van der Waals surface area (Å²) in [6.07, 6.45) is 3.66. The van der Waals surface area contributed by atoms with Gasteiger partial charge < -0.3 is 10.2 Å². The highest BCUT2D eigenvalue weighted by Gasteiger charge is 2.14. The Hall–Kier alpha value is -1.88. The first-order valence-electron chi connectivity index (χ1n) is 7.75. The molecule has 0 aromatic heterocycles. The quantitative estimate of drug-likeness (QED) is 0.831. The molecule has 0 radical (unpaired) electrons. The summed E-state index contributed by atoms with van der Waals surface area (Å²) in [6.45, 7) is 2.08. The number of nitrogens with one attached hydrogen (secondary N) is 1. The zero-order valence-electron chi connectivity index (χ0n) is 12.7. The zero-order chi connectivity index (χ0) is 16.2. The molecule has 23 heavy (non-hydrogen) atoms. The number of hydrogen-bond acceptors (Lipinski definition) is 2. The summed E-state index contributed by atoms with van der Waals surface area (Å²) in [7, 11) is 0. The van der Waals surface area contributed by atoms with Gasteiger partial charge in [-0.05, 0) is 55.7 Å². The van der Waals surface area contributed by atoms with Crippen LogP contribution in [0.15, 0.2) is 46.9 Å². The number of piperidine rings is 1. The molecule has 1 saturated heterocycles. The highest BCUT2D eigenvalue weighted by molar-refractivity contribution is 9.10. The second kappa shape index (κ2) is 7.13. The van der Waals surface area contributed by atoms with E-state index in [1.165, 1.54) is 31.4 Å². The summed E-state index contributed by atoms with van der Waals surface area (Å²) in [5.74, 6) is -0.975. The van der Waals surface area contributed by atoms with Crippen molar-refractivity contribution in [1.82, 2.24) is 0 Å². The maximum Gasteiger partial charge on any atom is 0.258 e. The Labute approximate surface area is 143 Å². The van der Waals surface area contributed by atoms with Gasteiger partial charge >= 0.3 is 0 Å². The van der Waals surface area contributed by atoms with Gasteiger partial charge in [0.1, 0.15) is 5.82 Å². The molecule has 1 aliphatic rings. The first-order chi connectivity index (χ1) is 11.1. The third-order valence-corrected chi connectivity index (χ3v) is 4.49. The number of anilines is 2. The van der Waals surface area contributed by atoms with E-state index in [1.54, 1.807) is 6.07 Å². The topological polar surface area (TPSA) is 32.3 Å². The van der Waals surface area contributed by atoms with Crippen LogP contribution >= 0.6 is 15.9 Å². The molecular weight excluding hydrogens is 359 g/mol. The lowest BCUT2D eigenvalue weighted by molar-refractivity contribution is 0.102. The lowest BCUT2D eigenvalue weighted by Gasteiger charge is -2.29. The second-order valence-corrected chi connectivity index (χ2v) is 6.59. The summed E-state index contributed by atoms with van der Waals surface area (Å²) >= 11 is 3.26. The van der Waals surface area contributed by atoms with Gasteiger partial charge in [0.15, 0.2) is 0 Å². The molecule has 120 valence electrons. The Morgan fingerprint density at radius 3 is 2.65 bits per heavy atom. The van der Waals surface area contributed by atoms with Crippen LogP contribution in [0.2, 0.25) is 0 Å². The highest BCUT2D eigenvalue weighted by Crippen LogP contribution is 2.24. The molecular formula is C18H18BrFN2O. The fraction of sp³-hybridized carbons (Fsp3) is 0.278. The van der Waals surface area contributed by atoms with Crippen molar-refractivity contribution in [3.8, 4) is 0 Å². The van der Waals surface area contributed by atoms with Crippen LogP contribution in [-0.4, -0.2) is 19.0 Å². The third kappa shape index (κ3) is 3.91.